The Balaban J connectivity index is 1.97. The smallest absolute Gasteiger partial charge is 0.337 e. The lowest BCUT2D eigenvalue weighted by Crippen LogP contribution is -2.29. The summed E-state index contributed by atoms with van der Waals surface area (Å²) in [7, 11) is 1.33. The van der Waals surface area contributed by atoms with Gasteiger partial charge in [0.15, 0.2) is 0 Å². The molecule has 1 saturated carbocycles. The van der Waals surface area contributed by atoms with E-state index in [0.717, 1.165) is 17.3 Å². The van der Waals surface area contributed by atoms with Crippen LogP contribution in [0.15, 0.2) is 22.7 Å². The van der Waals surface area contributed by atoms with Crippen LogP contribution in [0, 0.1) is 5.92 Å². The van der Waals surface area contributed by atoms with E-state index >= 15 is 0 Å². The minimum absolute atomic E-state index is 0.0436. The van der Waals surface area contributed by atoms with E-state index in [1.54, 1.807) is 18.2 Å². The highest BCUT2D eigenvalue weighted by atomic mass is 79.9. The second-order valence-corrected chi connectivity index (χ2v) is 5.36. The molecule has 1 aromatic rings. The third-order valence-corrected chi connectivity index (χ3v) is 3.59. The van der Waals surface area contributed by atoms with Crippen molar-refractivity contribution in [3.8, 4) is 0 Å². The van der Waals surface area contributed by atoms with Gasteiger partial charge in [0.25, 0.3) is 0 Å². The maximum absolute atomic E-state index is 11.6. The summed E-state index contributed by atoms with van der Waals surface area (Å²) >= 11 is 3.35. The number of anilines is 1. The minimum atomic E-state index is -0.417. The highest BCUT2D eigenvalue weighted by molar-refractivity contribution is 9.10. The van der Waals surface area contributed by atoms with Crippen LogP contribution in [0.2, 0.25) is 0 Å². The first-order chi connectivity index (χ1) is 9.10. The van der Waals surface area contributed by atoms with Crippen LogP contribution in [-0.2, 0) is 9.53 Å². The maximum atomic E-state index is 11.6. The van der Waals surface area contributed by atoms with Gasteiger partial charge < -0.3 is 4.74 Å². The molecular formula is C13H15BrN2O3. The topological polar surface area (TPSA) is 67.4 Å². The summed E-state index contributed by atoms with van der Waals surface area (Å²) in [5.74, 6) is 0.0735. The number of hydrogen-bond acceptors (Lipinski definition) is 4. The molecule has 19 heavy (non-hydrogen) atoms. The van der Waals surface area contributed by atoms with E-state index < -0.39 is 5.97 Å². The van der Waals surface area contributed by atoms with Gasteiger partial charge in [-0.15, -0.1) is 0 Å². The van der Waals surface area contributed by atoms with Crippen LogP contribution in [0.3, 0.4) is 0 Å². The van der Waals surface area contributed by atoms with Gasteiger partial charge in [-0.2, -0.15) is 0 Å². The number of rotatable bonds is 5. The second kappa shape index (κ2) is 6.06. The van der Waals surface area contributed by atoms with Crippen LogP contribution in [0.25, 0.3) is 0 Å². The normalized spacial score (nSPS) is 13.8. The number of halogens is 1. The largest absolute Gasteiger partial charge is 0.465 e. The quantitative estimate of drug-likeness (QED) is 0.644. The van der Waals surface area contributed by atoms with Gasteiger partial charge in [0.05, 0.1) is 18.4 Å². The third-order valence-electron chi connectivity index (χ3n) is 2.90. The average Bonchev–Trinajstić information content (AvgIpc) is 3.20. The Morgan fingerprint density at radius 1 is 1.42 bits per heavy atom. The van der Waals surface area contributed by atoms with Crippen molar-refractivity contribution in [1.29, 1.82) is 0 Å². The SMILES string of the molecule is COC(=O)c1ccc(Br)c(NNC(=O)CC2CC2)c1. The van der Waals surface area contributed by atoms with Crippen LogP contribution in [-0.4, -0.2) is 19.0 Å². The molecule has 102 valence electrons. The molecule has 0 bridgehead atoms. The summed E-state index contributed by atoms with van der Waals surface area (Å²) in [6.07, 6.45) is 2.81. The Kier molecular flexibility index (Phi) is 4.42. The van der Waals surface area contributed by atoms with Crippen molar-refractivity contribution in [1.82, 2.24) is 5.43 Å². The molecule has 1 aromatic carbocycles. The van der Waals surface area contributed by atoms with Crippen molar-refractivity contribution in [2.75, 3.05) is 12.5 Å². The second-order valence-electron chi connectivity index (χ2n) is 4.51. The number of carbonyl (C=O) groups excluding carboxylic acids is 2. The Bertz CT molecular complexity index is 501. The molecule has 0 aromatic heterocycles. The first-order valence-corrected chi connectivity index (χ1v) is 6.82. The number of methoxy groups -OCH3 is 1. The number of esters is 1. The van der Waals surface area contributed by atoms with Crippen LogP contribution < -0.4 is 10.9 Å². The van der Waals surface area contributed by atoms with E-state index in [1.807, 2.05) is 0 Å². The van der Waals surface area contributed by atoms with Crippen molar-refractivity contribution in [2.24, 2.45) is 5.92 Å². The number of carbonyl (C=O) groups is 2. The van der Waals surface area contributed by atoms with Crippen LogP contribution in [0.5, 0.6) is 0 Å². The highest BCUT2D eigenvalue weighted by Crippen LogP contribution is 2.32. The molecule has 5 nitrogen and oxygen atoms in total. The predicted molar refractivity (Wildman–Crippen MR) is 74.6 cm³/mol. The van der Waals surface area contributed by atoms with Gasteiger partial charge in [-0.3, -0.25) is 15.6 Å². The molecule has 2 N–H and O–H groups in total. The molecule has 1 aliphatic carbocycles. The van der Waals surface area contributed by atoms with Crippen LogP contribution >= 0.6 is 15.9 Å². The van der Waals surface area contributed by atoms with Gasteiger partial charge >= 0.3 is 5.97 Å². The Morgan fingerprint density at radius 3 is 2.79 bits per heavy atom. The first kappa shape index (κ1) is 13.9. The van der Waals surface area contributed by atoms with Gasteiger partial charge in [0, 0.05) is 10.9 Å². The standard InChI is InChI=1S/C13H15BrN2O3/c1-19-13(18)9-4-5-10(14)11(7-9)15-16-12(17)6-8-2-3-8/h4-5,7-8,15H,2-3,6H2,1H3,(H,16,17). The van der Waals surface area contributed by atoms with E-state index in [2.05, 4.69) is 31.5 Å². The fourth-order valence-electron chi connectivity index (χ4n) is 1.64. The molecular weight excluding hydrogens is 312 g/mol. The lowest BCUT2D eigenvalue weighted by molar-refractivity contribution is -0.120. The summed E-state index contributed by atoms with van der Waals surface area (Å²) in [4.78, 5) is 23.0. The van der Waals surface area contributed by atoms with Crippen molar-refractivity contribution in [3.05, 3.63) is 28.2 Å². The first-order valence-electron chi connectivity index (χ1n) is 6.03. The monoisotopic (exact) mass is 326 g/mol. The van der Waals surface area contributed by atoms with Crippen LogP contribution in [0.4, 0.5) is 5.69 Å². The molecule has 1 fully saturated rings. The van der Waals surface area contributed by atoms with Crippen molar-refractivity contribution >= 4 is 33.5 Å². The zero-order chi connectivity index (χ0) is 13.8. The number of hydrazine groups is 1. The molecule has 1 aliphatic rings. The number of nitrogens with one attached hydrogen (secondary N) is 2. The molecule has 0 saturated heterocycles. The Labute approximate surface area is 119 Å². The third kappa shape index (κ3) is 3.96. The van der Waals surface area contributed by atoms with E-state index in [4.69, 9.17) is 0 Å². The number of amides is 1. The average molecular weight is 327 g/mol. The number of hydrogen-bond donors (Lipinski definition) is 2. The molecule has 0 spiro atoms. The maximum Gasteiger partial charge on any atom is 0.337 e. The molecule has 6 heteroatoms. The Morgan fingerprint density at radius 2 is 2.16 bits per heavy atom. The lowest BCUT2D eigenvalue weighted by Gasteiger charge is -2.11. The highest BCUT2D eigenvalue weighted by Gasteiger charge is 2.24. The van der Waals surface area contributed by atoms with Gasteiger partial charge in [-0.05, 0) is 52.9 Å². The lowest BCUT2D eigenvalue weighted by atomic mass is 10.2. The van der Waals surface area contributed by atoms with Gasteiger partial charge in [-0.1, -0.05) is 0 Å². The zero-order valence-corrected chi connectivity index (χ0v) is 12.1. The molecule has 0 unspecified atom stereocenters. The van der Waals surface area contributed by atoms with Gasteiger partial charge in [-0.25, -0.2) is 4.79 Å². The molecule has 0 heterocycles. The van der Waals surface area contributed by atoms with Crippen molar-refractivity contribution in [2.45, 2.75) is 19.3 Å². The summed E-state index contributed by atoms with van der Waals surface area (Å²) in [5, 5.41) is 0. The molecule has 0 aliphatic heterocycles. The molecule has 0 atom stereocenters. The minimum Gasteiger partial charge on any atom is -0.465 e. The van der Waals surface area contributed by atoms with Crippen molar-refractivity contribution < 1.29 is 14.3 Å². The van der Waals surface area contributed by atoms with E-state index in [0.29, 0.717) is 23.6 Å². The number of ether oxygens (including phenoxy) is 1. The summed E-state index contributed by atoms with van der Waals surface area (Å²) in [6.45, 7) is 0. The molecule has 0 radical (unpaired) electrons. The van der Waals surface area contributed by atoms with Gasteiger partial charge in [0.1, 0.15) is 0 Å². The van der Waals surface area contributed by atoms with E-state index in [1.165, 1.54) is 7.11 Å². The fourth-order valence-corrected chi connectivity index (χ4v) is 1.98. The van der Waals surface area contributed by atoms with E-state index in [9.17, 15) is 9.59 Å². The fraction of sp³-hybridized carbons (Fsp3) is 0.385. The Hall–Kier alpha value is -1.56. The zero-order valence-electron chi connectivity index (χ0n) is 10.5. The molecule has 2 rings (SSSR count). The van der Waals surface area contributed by atoms with E-state index in [-0.39, 0.29) is 5.91 Å². The van der Waals surface area contributed by atoms with Crippen LogP contribution in [0.1, 0.15) is 29.6 Å². The van der Waals surface area contributed by atoms with Crippen molar-refractivity contribution in [3.63, 3.8) is 0 Å². The predicted octanol–water partition coefficient (Wildman–Crippen LogP) is 2.48. The summed E-state index contributed by atoms with van der Waals surface area (Å²) < 4.78 is 5.40. The van der Waals surface area contributed by atoms with Gasteiger partial charge in [0.2, 0.25) is 5.91 Å². The molecule has 1 amide bonds. The summed E-state index contributed by atoms with van der Waals surface area (Å²) in [5.41, 5.74) is 6.47. The number of benzene rings is 1. The summed E-state index contributed by atoms with van der Waals surface area (Å²) in [6, 6.07) is 4.99.